The predicted molar refractivity (Wildman–Crippen MR) is 57.5 cm³/mol. The van der Waals surface area contributed by atoms with Crippen molar-refractivity contribution in [1.29, 1.82) is 0 Å². The summed E-state index contributed by atoms with van der Waals surface area (Å²) in [6.07, 6.45) is -3.86. The fourth-order valence-corrected chi connectivity index (χ4v) is 1.78. The van der Waals surface area contributed by atoms with E-state index in [-0.39, 0.29) is 17.7 Å². The summed E-state index contributed by atoms with van der Waals surface area (Å²) in [5, 5.41) is 9.02. The van der Waals surface area contributed by atoms with Gasteiger partial charge in [0.05, 0.1) is 12.8 Å². The minimum absolute atomic E-state index is 0.110. The van der Waals surface area contributed by atoms with Crippen molar-refractivity contribution in [3.63, 3.8) is 0 Å². The molecule has 3 N–H and O–H groups in total. The van der Waals surface area contributed by atoms with Gasteiger partial charge in [0.2, 0.25) is 0 Å². The lowest BCUT2D eigenvalue weighted by molar-refractivity contribution is -0.275. The highest BCUT2D eigenvalue weighted by atomic mass is 127. The van der Waals surface area contributed by atoms with Crippen LogP contribution >= 0.6 is 22.6 Å². The third kappa shape index (κ3) is 3.19. The van der Waals surface area contributed by atoms with Crippen LogP contribution in [0, 0.1) is 3.70 Å². The summed E-state index contributed by atoms with van der Waals surface area (Å²) < 4.78 is 40.3. The molecule has 1 rings (SSSR count). The van der Waals surface area contributed by atoms with E-state index in [1.165, 1.54) is 0 Å². The summed E-state index contributed by atoms with van der Waals surface area (Å²) in [7, 11) is 0. The third-order valence-corrected chi connectivity index (χ3v) is 2.72. The lowest BCUT2D eigenvalue weighted by Crippen LogP contribution is -2.20. The van der Waals surface area contributed by atoms with Crippen molar-refractivity contribution in [3.8, 4) is 5.75 Å². The quantitative estimate of drug-likeness (QED) is 0.642. The smallest absolute Gasteiger partial charge is 0.404 e. The number of nitrogens with two attached hydrogens (primary N) is 1. The van der Waals surface area contributed by atoms with Crippen LogP contribution in [0.2, 0.25) is 0 Å². The normalized spacial score (nSPS) is 11.6. The molecule has 0 amide bonds. The molecule has 1 heterocycles. The Bertz CT molecular complexity index is 384. The molecule has 1 aromatic heterocycles. The van der Waals surface area contributed by atoms with Crippen LogP contribution in [0.5, 0.6) is 5.75 Å². The highest BCUT2D eigenvalue weighted by molar-refractivity contribution is 14.1. The number of nitrogens with zero attached hydrogens (tertiary/aromatic N) is 1. The molecule has 0 aliphatic heterocycles. The Labute approximate surface area is 103 Å². The van der Waals surface area contributed by atoms with Crippen LogP contribution in [0.3, 0.4) is 0 Å². The summed E-state index contributed by atoms with van der Waals surface area (Å²) >= 11 is 1.80. The monoisotopic (exact) mass is 348 g/mol. The second-order valence-electron chi connectivity index (χ2n) is 2.78. The van der Waals surface area contributed by atoms with Gasteiger partial charge in [-0.2, -0.15) is 0 Å². The SMILES string of the molecule is NCc1c(OC(F)(F)F)cnc(I)c1CO. The van der Waals surface area contributed by atoms with E-state index in [2.05, 4.69) is 9.72 Å². The van der Waals surface area contributed by atoms with E-state index < -0.39 is 18.7 Å². The van der Waals surface area contributed by atoms with Gasteiger partial charge in [0.25, 0.3) is 0 Å². The van der Waals surface area contributed by atoms with Gasteiger partial charge >= 0.3 is 6.36 Å². The largest absolute Gasteiger partial charge is 0.573 e. The van der Waals surface area contributed by atoms with Crippen LogP contribution < -0.4 is 10.5 Å². The molecule has 0 fully saturated rings. The lowest BCUT2D eigenvalue weighted by Gasteiger charge is -2.15. The Balaban J connectivity index is 3.19. The summed E-state index contributed by atoms with van der Waals surface area (Å²) in [5.41, 5.74) is 5.69. The lowest BCUT2D eigenvalue weighted by atomic mass is 10.1. The Morgan fingerprint density at radius 1 is 1.44 bits per heavy atom. The van der Waals surface area contributed by atoms with Crippen molar-refractivity contribution >= 4 is 22.6 Å². The van der Waals surface area contributed by atoms with Crippen molar-refractivity contribution in [3.05, 3.63) is 21.0 Å². The molecule has 90 valence electrons. The highest BCUT2D eigenvalue weighted by Crippen LogP contribution is 2.29. The molecule has 16 heavy (non-hydrogen) atoms. The molecule has 0 aliphatic carbocycles. The molecule has 8 heteroatoms. The van der Waals surface area contributed by atoms with E-state index in [1.54, 1.807) is 22.6 Å². The molecule has 1 aromatic rings. The fraction of sp³-hybridized carbons (Fsp3) is 0.375. The molecule has 0 saturated carbocycles. The summed E-state index contributed by atoms with van der Waals surface area (Å²) in [5.74, 6) is -0.473. The average molecular weight is 348 g/mol. The molecular formula is C8H8F3IN2O2. The highest BCUT2D eigenvalue weighted by Gasteiger charge is 2.32. The Morgan fingerprint density at radius 2 is 2.06 bits per heavy atom. The first-order valence-corrected chi connectivity index (χ1v) is 5.19. The van der Waals surface area contributed by atoms with Crippen LogP contribution in [0.15, 0.2) is 6.20 Å². The molecule has 0 aromatic carbocycles. The zero-order valence-electron chi connectivity index (χ0n) is 7.88. The van der Waals surface area contributed by atoms with Gasteiger partial charge in [-0.05, 0) is 22.6 Å². The van der Waals surface area contributed by atoms with Crippen LogP contribution in [0.1, 0.15) is 11.1 Å². The molecule has 0 spiro atoms. The standard InChI is InChI=1S/C8H8F3IN2O2/c9-8(10,11)16-6-2-14-7(12)5(3-15)4(6)1-13/h2,15H,1,3,13H2. The first-order chi connectivity index (χ1) is 7.39. The number of pyridine rings is 1. The first kappa shape index (κ1) is 13.5. The third-order valence-electron chi connectivity index (χ3n) is 1.79. The van der Waals surface area contributed by atoms with Gasteiger partial charge in [-0.1, -0.05) is 0 Å². The maximum absolute atomic E-state index is 12.0. The van der Waals surface area contributed by atoms with E-state index >= 15 is 0 Å². The summed E-state index contributed by atoms with van der Waals surface area (Å²) in [6.45, 7) is -0.604. The molecule has 0 unspecified atom stereocenters. The molecule has 0 atom stereocenters. The van der Waals surface area contributed by atoms with E-state index in [0.29, 0.717) is 3.70 Å². The second-order valence-corrected chi connectivity index (χ2v) is 3.80. The summed E-state index contributed by atoms with van der Waals surface area (Å²) in [6, 6.07) is 0. The number of aliphatic hydroxyl groups excluding tert-OH is 1. The van der Waals surface area contributed by atoms with E-state index in [0.717, 1.165) is 6.20 Å². The zero-order chi connectivity index (χ0) is 12.3. The van der Waals surface area contributed by atoms with Crippen LogP contribution in [0.4, 0.5) is 13.2 Å². The summed E-state index contributed by atoms with van der Waals surface area (Å²) in [4.78, 5) is 3.69. The number of alkyl halides is 3. The Kier molecular flexibility index (Phi) is 4.33. The Morgan fingerprint density at radius 3 is 2.50 bits per heavy atom. The van der Waals surface area contributed by atoms with Crippen molar-refractivity contribution in [2.45, 2.75) is 19.5 Å². The fourth-order valence-electron chi connectivity index (χ4n) is 1.14. The first-order valence-electron chi connectivity index (χ1n) is 4.12. The maximum atomic E-state index is 12.0. The number of hydrogen-bond donors (Lipinski definition) is 2. The number of ether oxygens (including phenoxy) is 1. The van der Waals surface area contributed by atoms with Crippen molar-refractivity contribution in [2.24, 2.45) is 5.73 Å². The van der Waals surface area contributed by atoms with Crippen LogP contribution in [-0.4, -0.2) is 16.5 Å². The number of aromatic nitrogens is 1. The number of halogens is 4. The maximum Gasteiger partial charge on any atom is 0.573 e. The van der Waals surface area contributed by atoms with E-state index in [4.69, 9.17) is 10.8 Å². The van der Waals surface area contributed by atoms with Crippen molar-refractivity contribution in [2.75, 3.05) is 0 Å². The van der Waals surface area contributed by atoms with Crippen LogP contribution in [-0.2, 0) is 13.2 Å². The van der Waals surface area contributed by atoms with Gasteiger partial charge in [0, 0.05) is 17.7 Å². The molecule has 0 radical (unpaired) electrons. The van der Waals surface area contributed by atoms with Gasteiger partial charge in [-0.3, -0.25) is 0 Å². The van der Waals surface area contributed by atoms with E-state index in [1.807, 2.05) is 0 Å². The van der Waals surface area contributed by atoms with Crippen molar-refractivity contribution in [1.82, 2.24) is 4.98 Å². The minimum Gasteiger partial charge on any atom is -0.404 e. The van der Waals surface area contributed by atoms with Crippen LogP contribution in [0.25, 0.3) is 0 Å². The molecule has 0 saturated heterocycles. The van der Waals surface area contributed by atoms with E-state index in [9.17, 15) is 13.2 Å². The molecular weight excluding hydrogens is 340 g/mol. The molecule has 0 aliphatic rings. The van der Waals surface area contributed by atoms with Gasteiger partial charge in [-0.25, -0.2) is 4.98 Å². The zero-order valence-corrected chi connectivity index (χ0v) is 10.0. The predicted octanol–water partition coefficient (Wildman–Crippen LogP) is 1.54. The number of rotatable bonds is 3. The van der Waals surface area contributed by atoms with Crippen molar-refractivity contribution < 1.29 is 23.0 Å². The average Bonchev–Trinajstić information content (AvgIpc) is 2.18. The minimum atomic E-state index is -4.80. The topological polar surface area (TPSA) is 68.4 Å². The number of hydrogen-bond acceptors (Lipinski definition) is 4. The molecule has 0 bridgehead atoms. The Hall–Kier alpha value is -0.610. The van der Waals surface area contributed by atoms with Gasteiger partial charge in [0.1, 0.15) is 3.70 Å². The number of aliphatic hydroxyl groups is 1. The molecule has 4 nitrogen and oxygen atoms in total. The second kappa shape index (κ2) is 5.15. The van der Waals surface area contributed by atoms with Gasteiger partial charge < -0.3 is 15.6 Å². The van der Waals surface area contributed by atoms with Gasteiger partial charge in [-0.15, -0.1) is 13.2 Å². The van der Waals surface area contributed by atoms with Gasteiger partial charge in [0.15, 0.2) is 5.75 Å².